The minimum Gasteiger partial charge on any atom is -0.266 e. The van der Waals surface area contributed by atoms with E-state index >= 15 is 0 Å². The van der Waals surface area contributed by atoms with Crippen LogP contribution in [0.25, 0.3) is 0 Å². The van der Waals surface area contributed by atoms with E-state index in [1.165, 1.54) is 103 Å². The Kier molecular flexibility index (Phi) is 17.4. The van der Waals surface area contributed by atoms with Gasteiger partial charge in [-0.3, -0.25) is 4.99 Å². The topological polar surface area (TPSA) is 12.4 Å². The van der Waals surface area contributed by atoms with E-state index in [9.17, 15) is 0 Å². The van der Waals surface area contributed by atoms with E-state index in [0.29, 0.717) is 0 Å². The van der Waals surface area contributed by atoms with E-state index in [4.69, 9.17) is 18.2 Å². The Balaban J connectivity index is 2.67. The summed E-state index contributed by atoms with van der Waals surface area (Å²) in [5.41, 5.74) is 14.1. The highest BCUT2D eigenvalue weighted by Crippen LogP contribution is 2.49. The summed E-state index contributed by atoms with van der Waals surface area (Å²) < 4.78 is 0. The molecule has 0 heterocycles. The van der Waals surface area contributed by atoms with Gasteiger partial charge in [0, 0.05) is 23.2 Å². The van der Waals surface area contributed by atoms with Crippen molar-refractivity contribution < 1.29 is 0 Å². The van der Waals surface area contributed by atoms with Crippen LogP contribution >= 0.6 is 0 Å². The first kappa shape index (κ1) is 44.5. The van der Waals surface area contributed by atoms with Crippen molar-refractivity contribution in [1.29, 1.82) is 0 Å². The second-order valence-electron chi connectivity index (χ2n) is 18.3. The molecule has 2 unspecified atom stereocenters. The molecule has 0 aromatic heterocycles. The van der Waals surface area contributed by atoms with E-state index in [1.807, 2.05) is 13.1 Å². The van der Waals surface area contributed by atoms with Crippen LogP contribution in [0.15, 0.2) is 111 Å². The largest absolute Gasteiger partial charge is 0.266 e. The molecule has 1 nitrogen and oxygen atoms in total. The molecule has 0 bridgehead atoms. The van der Waals surface area contributed by atoms with E-state index in [0.717, 1.165) is 25.0 Å². The molecular weight excluding hydrogens is 615 g/mol. The zero-order valence-electron chi connectivity index (χ0n) is 35.9. The first-order chi connectivity index (χ1) is 23.8. The lowest BCUT2D eigenvalue weighted by molar-refractivity contribution is 0.407. The maximum atomic E-state index is 5.00. The fraction of sp³-hybridized carbons (Fsp3) is 0.620. The minimum atomic E-state index is -0.0337. The summed E-state index contributed by atoms with van der Waals surface area (Å²) in [5, 5.41) is 0. The van der Waals surface area contributed by atoms with Crippen LogP contribution in [-0.4, -0.2) is 6.21 Å². The molecule has 0 N–H and O–H groups in total. The van der Waals surface area contributed by atoms with Crippen molar-refractivity contribution in [3.63, 3.8) is 0 Å². The van der Waals surface area contributed by atoms with Crippen LogP contribution < -0.4 is 0 Å². The molecule has 2 rings (SSSR count). The van der Waals surface area contributed by atoms with Crippen LogP contribution in [-0.2, 0) is 0 Å². The van der Waals surface area contributed by atoms with Gasteiger partial charge in [-0.05, 0) is 117 Å². The van der Waals surface area contributed by atoms with E-state index in [-0.39, 0.29) is 28.1 Å². The third-order valence-electron chi connectivity index (χ3n) is 12.2. The van der Waals surface area contributed by atoms with Crippen molar-refractivity contribution in [2.45, 2.75) is 173 Å². The summed E-state index contributed by atoms with van der Waals surface area (Å²) in [7, 11) is 0. The van der Waals surface area contributed by atoms with E-state index < -0.39 is 0 Å². The van der Waals surface area contributed by atoms with Gasteiger partial charge in [-0.2, -0.15) is 0 Å². The molecule has 0 radical (unpaired) electrons. The Hall–Kier alpha value is -2.67. The van der Waals surface area contributed by atoms with Crippen molar-refractivity contribution in [3.8, 4) is 0 Å². The van der Waals surface area contributed by atoms with Crippen LogP contribution in [0.2, 0.25) is 0 Å². The van der Waals surface area contributed by atoms with Gasteiger partial charge in [0.15, 0.2) is 0 Å². The second kappa shape index (κ2) is 20.0. The number of aliphatic imine (C=N–C) groups is 1. The standard InChI is InChI=1S/C50H79N/c1-17-20-21-22-23-26-42-28-29-43(38(6)37(5)33-42)34-46(41(9)50(16)31-24-25-32-50)40(8)39(7)45(35-44(18-2)48(10,11)12)36(4)27-30-47(51-19-3)49(13,14)15/h18-19,28-30,35,39,45H,2,4,8,17,20-27,31-34H2,1,3,5-7,9-16H3/b44-35+,46-41+,47-30-,51-19-. The molecule has 0 amide bonds. The third-order valence-corrected chi connectivity index (χ3v) is 12.2. The normalized spacial score (nSPS) is 19.4. The molecule has 0 aromatic rings. The van der Waals surface area contributed by atoms with Crippen LogP contribution in [0, 0.1) is 28.1 Å². The first-order valence-corrected chi connectivity index (χ1v) is 20.5. The number of hydrogen-bond donors (Lipinski definition) is 0. The van der Waals surface area contributed by atoms with Crippen LogP contribution in [0.3, 0.4) is 0 Å². The lowest BCUT2D eigenvalue weighted by atomic mass is 9.71. The van der Waals surface area contributed by atoms with E-state index in [1.54, 1.807) is 11.1 Å². The lowest BCUT2D eigenvalue weighted by Crippen LogP contribution is -2.21. The van der Waals surface area contributed by atoms with Gasteiger partial charge in [0.05, 0.1) is 0 Å². The third kappa shape index (κ3) is 13.0. The van der Waals surface area contributed by atoms with Gasteiger partial charge >= 0.3 is 0 Å². The number of unbranched alkanes of at least 4 members (excludes halogenated alkanes) is 4. The summed E-state index contributed by atoms with van der Waals surface area (Å²) in [6.45, 7) is 44.0. The first-order valence-electron chi connectivity index (χ1n) is 20.5. The number of allylic oxidation sites excluding steroid dienone is 15. The molecule has 0 aromatic carbocycles. The zero-order chi connectivity index (χ0) is 38.6. The average Bonchev–Trinajstić information content (AvgIpc) is 3.46. The monoisotopic (exact) mass is 694 g/mol. The average molecular weight is 694 g/mol. The lowest BCUT2D eigenvalue weighted by Gasteiger charge is -2.34. The summed E-state index contributed by atoms with van der Waals surface area (Å²) in [4.78, 5) is 4.77. The smallest absolute Gasteiger partial charge is 0.0416 e. The molecule has 51 heavy (non-hydrogen) atoms. The van der Waals surface area contributed by atoms with Crippen molar-refractivity contribution in [1.82, 2.24) is 0 Å². The molecule has 0 aliphatic heterocycles. The maximum Gasteiger partial charge on any atom is 0.0416 e. The molecule has 284 valence electrons. The van der Waals surface area contributed by atoms with Gasteiger partial charge < -0.3 is 0 Å². The Morgan fingerprint density at radius 3 is 2.14 bits per heavy atom. The van der Waals surface area contributed by atoms with Crippen LogP contribution in [0.1, 0.15) is 173 Å². The van der Waals surface area contributed by atoms with Crippen LogP contribution in [0.4, 0.5) is 0 Å². The van der Waals surface area contributed by atoms with Gasteiger partial charge in [-0.1, -0.05) is 173 Å². The molecule has 0 saturated heterocycles. The molecule has 0 spiro atoms. The summed E-state index contributed by atoms with van der Waals surface area (Å²) in [6.07, 6.45) is 29.5. The fourth-order valence-corrected chi connectivity index (χ4v) is 8.02. The zero-order valence-corrected chi connectivity index (χ0v) is 35.9. The van der Waals surface area contributed by atoms with E-state index in [2.05, 4.69) is 120 Å². The predicted octanol–water partition coefficient (Wildman–Crippen LogP) is 16.2. The summed E-state index contributed by atoms with van der Waals surface area (Å²) in [6, 6.07) is 0. The van der Waals surface area contributed by atoms with Gasteiger partial charge in [0.2, 0.25) is 0 Å². The van der Waals surface area contributed by atoms with Crippen molar-refractivity contribution in [2.75, 3.05) is 0 Å². The highest BCUT2D eigenvalue weighted by Gasteiger charge is 2.34. The Bertz CT molecular complexity index is 1430. The van der Waals surface area contributed by atoms with Gasteiger partial charge in [-0.15, -0.1) is 0 Å². The SMILES string of the molecule is C=C/C(=C\C(C(=C)C/C=C(\N=C/C)C(C)(C)C)C(C)C(=C)/C(CC1=CC=C(CCCCCCC)CC(C)=C1C)=C(\C)C1(C)CCCC1)C(C)(C)C. The summed E-state index contributed by atoms with van der Waals surface area (Å²) >= 11 is 0. The molecule has 2 atom stereocenters. The van der Waals surface area contributed by atoms with Gasteiger partial charge in [-0.25, -0.2) is 0 Å². The molecule has 2 aliphatic carbocycles. The summed E-state index contributed by atoms with van der Waals surface area (Å²) in [5.74, 6) is 0.296. The molecule has 1 fully saturated rings. The number of nitrogens with zero attached hydrogens (tertiary/aromatic N) is 1. The number of rotatable bonds is 18. The molecule has 2 aliphatic rings. The van der Waals surface area contributed by atoms with Crippen molar-refractivity contribution in [2.24, 2.45) is 33.1 Å². The van der Waals surface area contributed by atoms with Gasteiger partial charge in [0.1, 0.15) is 0 Å². The second-order valence-corrected chi connectivity index (χ2v) is 18.3. The highest BCUT2D eigenvalue weighted by molar-refractivity contribution is 5.55. The molecule has 1 heteroatoms. The molecular formula is C50H79N. The minimum absolute atomic E-state index is 0.0171. The fourth-order valence-electron chi connectivity index (χ4n) is 8.02. The quantitative estimate of drug-likeness (QED) is 0.0586. The number of hydrogen-bond acceptors (Lipinski definition) is 1. The van der Waals surface area contributed by atoms with Crippen LogP contribution in [0.5, 0.6) is 0 Å². The Morgan fingerprint density at radius 2 is 1.59 bits per heavy atom. The Morgan fingerprint density at radius 1 is 0.961 bits per heavy atom. The van der Waals surface area contributed by atoms with Crippen molar-refractivity contribution in [3.05, 3.63) is 106 Å². The Labute approximate surface area is 317 Å². The maximum absolute atomic E-state index is 5.00. The highest BCUT2D eigenvalue weighted by atomic mass is 14.7. The van der Waals surface area contributed by atoms with Gasteiger partial charge in [0.25, 0.3) is 0 Å². The predicted molar refractivity (Wildman–Crippen MR) is 231 cm³/mol. The van der Waals surface area contributed by atoms with Crippen molar-refractivity contribution >= 4 is 6.21 Å². The molecule has 1 saturated carbocycles.